The summed E-state index contributed by atoms with van der Waals surface area (Å²) in [6, 6.07) is 21.9. The number of amides is 1. The zero-order chi connectivity index (χ0) is 23.1. The molecule has 6 nitrogen and oxygen atoms in total. The molecule has 0 bridgehead atoms. The van der Waals surface area contributed by atoms with Gasteiger partial charge in [-0.05, 0) is 74.1 Å². The molecule has 0 saturated carbocycles. The van der Waals surface area contributed by atoms with Crippen molar-refractivity contribution in [3.8, 4) is 0 Å². The lowest BCUT2D eigenvalue weighted by Crippen LogP contribution is -2.23. The number of hydrogen-bond acceptors (Lipinski definition) is 4. The first-order valence-corrected chi connectivity index (χ1v) is 11.1. The van der Waals surface area contributed by atoms with Gasteiger partial charge in [0.2, 0.25) is 5.91 Å². The Labute approximate surface area is 196 Å². The van der Waals surface area contributed by atoms with E-state index in [4.69, 9.17) is 12.2 Å². The summed E-state index contributed by atoms with van der Waals surface area (Å²) >= 11 is 6.77. The number of carboxylic acid groups (broad SMARTS) is 1. The highest BCUT2D eigenvalue weighted by atomic mass is 32.2. The normalized spacial score (nSPS) is 11.3. The Morgan fingerprint density at radius 2 is 1.59 bits per heavy atom. The highest BCUT2D eigenvalue weighted by Gasteiger charge is 2.17. The van der Waals surface area contributed by atoms with E-state index in [1.54, 1.807) is 13.0 Å². The third-order valence-electron chi connectivity index (χ3n) is 4.55. The second kappa shape index (κ2) is 10.8. The topological polar surface area (TPSA) is 90.5 Å². The minimum atomic E-state index is -1.04. The summed E-state index contributed by atoms with van der Waals surface area (Å²) < 4.78 is 0. The second-order valence-corrected chi connectivity index (χ2v) is 8.88. The zero-order valence-corrected chi connectivity index (χ0v) is 19.2. The number of hydrogen-bond donors (Lipinski definition) is 4. The molecule has 8 heteroatoms. The first-order chi connectivity index (χ1) is 15.3. The van der Waals surface area contributed by atoms with Gasteiger partial charge >= 0.3 is 5.97 Å². The van der Waals surface area contributed by atoms with Gasteiger partial charge in [0.25, 0.3) is 0 Å². The lowest BCUT2D eigenvalue weighted by atomic mass is 10.1. The molecule has 1 amide bonds. The molecule has 3 aromatic rings. The van der Waals surface area contributed by atoms with Crippen molar-refractivity contribution in [3.63, 3.8) is 0 Å². The van der Waals surface area contributed by atoms with Gasteiger partial charge in [-0.1, -0.05) is 30.3 Å². The van der Waals surface area contributed by atoms with Crippen molar-refractivity contribution in [2.24, 2.45) is 0 Å². The SMILES string of the molecule is Cc1ccc(C(=O)O)cc1NC(=O)C(C)Sc1cccc(NC(=S)Nc2ccccc2)c1. The van der Waals surface area contributed by atoms with E-state index in [9.17, 15) is 14.7 Å². The molecule has 0 aliphatic carbocycles. The van der Waals surface area contributed by atoms with Crippen LogP contribution in [0.15, 0.2) is 77.7 Å². The van der Waals surface area contributed by atoms with E-state index in [0.717, 1.165) is 21.8 Å². The summed E-state index contributed by atoms with van der Waals surface area (Å²) in [5.41, 5.74) is 3.12. The summed E-state index contributed by atoms with van der Waals surface area (Å²) in [6.45, 7) is 3.62. The first kappa shape index (κ1) is 23.3. The maximum absolute atomic E-state index is 12.7. The summed E-state index contributed by atoms with van der Waals surface area (Å²) in [7, 11) is 0. The van der Waals surface area contributed by atoms with Crippen LogP contribution in [0.25, 0.3) is 0 Å². The van der Waals surface area contributed by atoms with Gasteiger partial charge in [0, 0.05) is 22.0 Å². The summed E-state index contributed by atoms with van der Waals surface area (Å²) in [5, 5.41) is 18.3. The van der Waals surface area contributed by atoms with Gasteiger partial charge in [-0.15, -0.1) is 11.8 Å². The fourth-order valence-corrected chi connectivity index (χ4v) is 4.01. The van der Waals surface area contributed by atoms with Crippen molar-refractivity contribution < 1.29 is 14.7 Å². The third kappa shape index (κ3) is 6.57. The number of carbonyl (C=O) groups is 2. The van der Waals surface area contributed by atoms with Crippen molar-refractivity contribution in [1.29, 1.82) is 0 Å². The van der Waals surface area contributed by atoms with Crippen LogP contribution >= 0.6 is 24.0 Å². The maximum Gasteiger partial charge on any atom is 0.335 e. The van der Waals surface area contributed by atoms with E-state index in [-0.39, 0.29) is 11.5 Å². The lowest BCUT2D eigenvalue weighted by Gasteiger charge is -2.15. The predicted octanol–water partition coefficient (Wildman–Crippen LogP) is 5.62. The van der Waals surface area contributed by atoms with Crippen molar-refractivity contribution in [3.05, 3.63) is 83.9 Å². The van der Waals surface area contributed by atoms with Crippen LogP contribution in [0.2, 0.25) is 0 Å². The summed E-state index contributed by atoms with van der Waals surface area (Å²) in [5.74, 6) is -1.24. The van der Waals surface area contributed by atoms with Crippen LogP contribution in [-0.4, -0.2) is 27.3 Å². The maximum atomic E-state index is 12.7. The van der Waals surface area contributed by atoms with Crippen LogP contribution in [0.1, 0.15) is 22.8 Å². The molecule has 0 radical (unpaired) electrons. The molecule has 4 N–H and O–H groups in total. The molecule has 32 heavy (non-hydrogen) atoms. The number of carbonyl (C=O) groups excluding carboxylic acids is 1. The average Bonchev–Trinajstić information content (AvgIpc) is 2.76. The highest BCUT2D eigenvalue weighted by molar-refractivity contribution is 8.00. The van der Waals surface area contributed by atoms with Gasteiger partial charge in [-0.25, -0.2) is 4.79 Å². The molecule has 164 valence electrons. The second-order valence-electron chi connectivity index (χ2n) is 7.06. The number of anilines is 3. The number of thioether (sulfide) groups is 1. The minimum absolute atomic E-state index is 0.130. The first-order valence-electron chi connectivity index (χ1n) is 9.86. The number of carboxylic acids is 1. The van der Waals surface area contributed by atoms with E-state index >= 15 is 0 Å². The Morgan fingerprint density at radius 3 is 2.31 bits per heavy atom. The van der Waals surface area contributed by atoms with Crippen molar-refractivity contribution in [1.82, 2.24) is 0 Å². The molecule has 0 aromatic heterocycles. The predicted molar refractivity (Wildman–Crippen MR) is 135 cm³/mol. The fraction of sp³-hybridized carbons (Fsp3) is 0.125. The van der Waals surface area contributed by atoms with Gasteiger partial charge in [-0.3, -0.25) is 4.79 Å². The number of aryl methyl sites for hydroxylation is 1. The smallest absolute Gasteiger partial charge is 0.335 e. The van der Waals surface area contributed by atoms with Gasteiger partial charge < -0.3 is 21.1 Å². The van der Waals surface area contributed by atoms with E-state index in [0.29, 0.717) is 10.8 Å². The molecule has 0 aliphatic heterocycles. The van der Waals surface area contributed by atoms with Crippen molar-refractivity contribution >= 4 is 58.0 Å². The van der Waals surface area contributed by atoms with Crippen molar-refractivity contribution in [2.45, 2.75) is 24.0 Å². The molecule has 0 aliphatic rings. The molecule has 3 rings (SSSR count). The van der Waals surface area contributed by atoms with Gasteiger partial charge in [0.15, 0.2) is 5.11 Å². The highest BCUT2D eigenvalue weighted by Crippen LogP contribution is 2.27. The Balaban J connectivity index is 1.61. The largest absolute Gasteiger partial charge is 0.478 e. The quantitative estimate of drug-likeness (QED) is 0.266. The Kier molecular flexibility index (Phi) is 7.86. The monoisotopic (exact) mass is 465 g/mol. The van der Waals surface area contributed by atoms with E-state index < -0.39 is 11.2 Å². The molecule has 1 atom stereocenters. The number of thiocarbonyl (C=S) groups is 1. The third-order valence-corrected chi connectivity index (χ3v) is 5.85. The number of rotatable bonds is 7. The van der Waals surface area contributed by atoms with E-state index in [1.807, 2.05) is 61.5 Å². The molecule has 0 heterocycles. The molecule has 0 fully saturated rings. The average molecular weight is 466 g/mol. The molecule has 1 unspecified atom stereocenters. The Bertz CT molecular complexity index is 1140. The van der Waals surface area contributed by atoms with Crippen molar-refractivity contribution in [2.75, 3.05) is 16.0 Å². The van der Waals surface area contributed by atoms with E-state index in [1.165, 1.54) is 23.9 Å². The number of aromatic carboxylic acids is 1. The molecular weight excluding hydrogens is 442 g/mol. The van der Waals surface area contributed by atoms with Gasteiger partial charge in [0.1, 0.15) is 0 Å². The molecule has 3 aromatic carbocycles. The Hall–Kier alpha value is -3.36. The van der Waals surface area contributed by atoms with Crippen LogP contribution in [0, 0.1) is 6.92 Å². The zero-order valence-electron chi connectivity index (χ0n) is 17.6. The minimum Gasteiger partial charge on any atom is -0.478 e. The van der Waals surface area contributed by atoms with Crippen LogP contribution in [0.3, 0.4) is 0 Å². The number of para-hydroxylation sites is 1. The van der Waals surface area contributed by atoms with Crippen LogP contribution in [0.5, 0.6) is 0 Å². The Morgan fingerprint density at radius 1 is 0.906 bits per heavy atom. The lowest BCUT2D eigenvalue weighted by molar-refractivity contribution is -0.115. The molecular formula is C24H23N3O3S2. The van der Waals surface area contributed by atoms with Crippen LogP contribution < -0.4 is 16.0 Å². The molecule has 0 saturated heterocycles. The molecule has 0 spiro atoms. The van der Waals surface area contributed by atoms with Gasteiger partial charge in [-0.2, -0.15) is 0 Å². The standard InChI is InChI=1S/C24H23N3O3S2/c1-15-11-12-17(23(29)30)13-21(15)27-22(28)16(2)32-20-10-6-9-19(14-20)26-24(31)25-18-7-4-3-5-8-18/h3-14,16H,1-2H3,(H,27,28)(H,29,30)(H2,25,26,31). The fourth-order valence-electron chi connectivity index (χ4n) is 2.84. The number of nitrogens with one attached hydrogen (secondary N) is 3. The van der Waals surface area contributed by atoms with Gasteiger partial charge in [0.05, 0.1) is 10.8 Å². The van der Waals surface area contributed by atoms with Crippen LogP contribution in [-0.2, 0) is 4.79 Å². The summed E-state index contributed by atoms with van der Waals surface area (Å²) in [4.78, 5) is 24.8. The summed E-state index contributed by atoms with van der Waals surface area (Å²) in [6.07, 6.45) is 0. The van der Waals surface area contributed by atoms with Crippen LogP contribution in [0.4, 0.5) is 17.1 Å². The van der Waals surface area contributed by atoms with E-state index in [2.05, 4.69) is 16.0 Å². The number of benzene rings is 3.